The summed E-state index contributed by atoms with van der Waals surface area (Å²) in [6.07, 6.45) is 0. The molecule has 0 radical (unpaired) electrons. The first kappa shape index (κ1) is 17.7. The monoisotopic (exact) mass is 376 g/mol. The molecule has 6 nitrogen and oxygen atoms in total. The number of carbonyl (C=O) groups excluding carboxylic acids is 1. The summed E-state index contributed by atoms with van der Waals surface area (Å²) in [6, 6.07) is 9.01. The van der Waals surface area contributed by atoms with Crippen LogP contribution in [-0.4, -0.2) is 21.0 Å². The van der Waals surface area contributed by atoms with E-state index in [4.69, 9.17) is 15.1 Å². The molecule has 0 aromatic heterocycles. The second-order valence-electron chi connectivity index (χ2n) is 5.43. The smallest absolute Gasteiger partial charge is 0.339 e. The van der Waals surface area contributed by atoms with Gasteiger partial charge in [0.2, 0.25) is 10.0 Å². The average molecular weight is 376 g/mol. The number of hydrogen-bond acceptors (Lipinski definition) is 5. The van der Waals surface area contributed by atoms with Crippen LogP contribution in [0.1, 0.15) is 16.7 Å². The predicted molar refractivity (Wildman–Crippen MR) is 86.7 cm³/mol. The number of nitrogens with zero attached hydrogens (tertiary/aromatic N) is 1. The Bertz CT molecular complexity index is 1120. The van der Waals surface area contributed by atoms with Crippen molar-refractivity contribution in [2.45, 2.75) is 4.90 Å². The summed E-state index contributed by atoms with van der Waals surface area (Å²) < 4.78 is 56.1. The molecule has 0 atom stereocenters. The molecule has 26 heavy (non-hydrogen) atoms. The molecule has 0 unspecified atom stereocenters. The molecule has 2 aromatic carbocycles. The van der Waals surface area contributed by atoms with Crippen LogP contribution in [0.5, 0.6) is 0 Å². The number of rotatable bonds is 3. The van der Waals surface area contributed by atoms with Gasteiger partial charge in [-0.25, -0.2) is 27.1 Å². The van der Waals surface area contributed by atoms with Crippen molar-refractivity contribution in [1.29, 1.82) is 5.26 Å². The van der Waals surface area contributed by atoms with E-state index in [1.807, 2.05) is 6.07 Å². The predicted octanol–water partition coefficient (Wildman–Crippen LogP) is 1.95. The molecule has 0 saturated carbocycles. The van der Waals surface area contributed by atoms with Gasteiger partial charge in [-0.15, -0.1) is 0 Å². The van der Waals surface area contributed by atoms with Gasteiger partial charge in [0.1, 0.15) is 23.1 Å². The fourth-order valence-corrected chi connectivity index (χ4v) is 3.23. The van der Waals surface area contributed by atoms with Crippen molar-refractivity contribution >= 4 is 27.1 Å². The Balaban J connectivity index is 2.24. The Kier molecular flexibility index (Phi) is 4.31. The van der Waals surface area contributed by atoms with E-state index in [9.17, 15) is 22.0 Å². The molecule has 9 heteroatoms. The number of cyclic esters (lactones) is 1. The molecular weight excluding hydrogens is 366 g/mol. The van der Waals surface area contributed by atoms with E-state index < -0.39 is 32.5 Å². The number of nitriles is 1. The lowest BCUT2D eigenvalue weighted by Gasteiger charge is -2.09. The van der Waals surface area contributed by atoms with Crippen LogP contribution in [0.3, 0.4) is 0 Å². The van der Waals surface area contributed by atoms with Gasteiger partial charge in [-0.2, -0.15) is 5.26 Å². The third kappa shape index (κ3) is 3.08. The van der Waals surface area contributed by atoms with Crippen LogP contribution in [-0.2, 0) is 19.6 Å². The highest BCUT2D eigenvalue weighted by atomic mass is 32.2. The van der Waals surface area contributed by atoms with Crippen LogP contribution in [0.25, 0.3) is 11.1 Å². The quantitative estimate of drug-likeness (QED) is 0.824. The number of carbonyl (C=O) groups is 1. The Morgan fingerprint density at radius 2 is 1.88 bits per heavy atom. The van der Waals surface area contributed by atoms with Crippen LogP contribution in [0.2, 0.25) is 0 Å². The Labute approximate surface area is 147 Å². The third-order valence-electron chi connectivity index (χ3n) is 3.79. The van der Waals surface area contributed by atoms with E-state index in [-0.39, 0.29) is 28.9 Å². The molecule has 0 bridgehead atoms. The minimum absolute atomic E-state index is 0.0243. The number of primary sulfonamides is 1. The molecule has 2 aromatic rings. The number of sulfonamides is 1. The lowest BCUT2D eigenvalue weighted by atomic mass is 9.95. The lowest BCUT2D eigenvalue weighted by Crippen LogP contribution is -2.15. The number of hydrogen-bond donors (Lipinski definition) is 1. The second kappa shape index (κ2) is 6.33. The molecule has 0 aliphatic carbocycles. The van der Waals surface area contributed by atoms with Gasteiger partial charge in [0.15, 0.2) is 0 Å². The van der Waals surface area contributed by atoms with Gasteiger partial charge >= 0.3 is 5.97 Å². The molecule has 0 saturated heterocycles. The molecule has 2 N–H and O–H groups in total. The maximum Gasteiger partial charge on any atom is 0.339 e. The maximum atomic E-state index is 14.4. The Morgan fingerprint density at radius 1 is 1.15 bits per heavy atom. The van der Waals surface area contributed by atoms with Crippen LogP contribution in [0, 0.1) is 23.0 Å². The van der Waals surface area contributed by atoms with Crippen molar-refractivity contribution < 1.29 is 26.7 Å². The number of ether oxygens (including phenoxy) is 1. The summed E-state index contributed by atoms with van der Waals surface area (Å²) in [7, 11) is -4.45. The first-order valence-electron chi connectivity index (χ1n) is 7.15. The second-order valence-corrected chi connectivity index (χ2v) is 6.96. The topological polar surface area (TPSA) is 110 Å². The fraction of sp³-hybridized carbons (Fsp3) is 0.0588. The van der Waals surface area contributed by atoms with E-state index in [0.29, 0.717) is 17.7 Å². The van der Waals surface area contributed by atoms with Crippen molar-refractivity contribution in [2.24, 2.45) is 5.14 Å². The van der Waals surface area contributed by atoms with Crippen LogP contribution in [0.4, 0.5) is 8.78 Å². The SMILES string of the molecule is N#Cc1cccc(C2=C(c3cc(F)c(S(N)(=O)=O)cc3F)COC2=O)c1. The summed E-state index contributed by atoms with van der Waals surface area (Å²) in [5, 5.41) is 13.8. The zero-order valence-corrected chi connectivity index (χ0v) is 13.8. The molecule has 0 fully saturated rings. The summed E-state index contributed by atoms with van der Waals surface area (Å²) >= 11 is 0. The number of halogens is 2. The van der Waals surface area contributed by atoms with Crippen molar-refractivity contribution in [3.8, 4) is 6.07 Å². The molecule has 1 heterocycles. The lowest BCUT2D eigenvalue weighted by molar-refractivity contribution is -0.133. The van der Waals surface area contributed by atoms with Gasteiger partial charge in [-0.05, 0) is 29.8 Å². The average Bonchev–Trinajstić information content (AvgIpc) is 2.97. The van der Waals surface area contributed by atoms with Crippen molar-refractivity contribution in [1.82, 2.24) is 0 Å². The van der Waals surface area contributed by atoms with E-state index in [1.165, 1.54) is 24.3 Å². The normalized spacial score (nSPS) is 14.3. The zero-order chi connectivity index (χ0) is 19.1. The van der Waals surface area contributed by atoms with E-state index in [0.717, 1.165) is 0 Å². The minimum atomic E-state index is -4.45. The number of benzene rings is 2. The van der Waals surface area contributed by atoms with Gasteiger partial charge < -0.3 is 4.74 Å². The highest BCUT2D eigenvalue weighted by Crippen LogP contribution is 2.35. The molecule has 1 aliphatic heterocycles. The molecule has 0 spiro atoms. The summed E-state index contributed by atoms with van der Waals surface area (Å²) in [4.78, 5) is 11.1. The standard InChI is InChI=1S/C17H10F2N2O4S/c18-13-6-15(26(21,23)24)14(19)5-11(13)12-8-25-17(22)16(12)10-3-1-2-9(4-10)7-20/h1-6H,8H2,(H2,21,23,24). The first-order chi connectivity index (χ1) is 12.2. The minimum Gasteiger partial charge on any atom is -0.457 e. The summed E-state index contributed by atoms with van der Waals surface area (Å²) in [5.41, 5.74) is 0.270. The van der Waals surface area contributed by atoms with Crippen LogP contribution >= 0.6 is 0 Å². The molecule has 3 rings (SSSR count). The number of nitrogens with two attached hydrogens (primary N) is 1. The van der Waals surface area contributed by atoms with Gasteiger partial charge in [0.25, 0.3) is 0 Å². The van der Waals surface area contributed by atoms with Crippen molar-refractivity contribution in [2.75, 3.05) is 6.61 Å². The van der Waals surface area contributed by atoms with E-state index in [2.05, 4.69) is 0 Å². The van der Waals surface area contributed by atoms with Crippen molar-refractivity contribution in [3.63, 3.8) is 0 Å². The van der Waals surface area contributed by atoms with Gasteiger partial charge in [0, 0.05) is 11.1 Å². The first-order valence-corrected chi connectivity index (χ1v) is 8.70. The molecule has 132 valence electrons. The molecule has 1 aliphatic rings. The van der Waals surface area contributed by atoms with Crippen LogP contribution in [0.15, 0.2) is 41.3 Å². The number of esters is 1. The van der Waals surface area contributed by atoms with E-state index in [1.54, 1.807) is 0 Å². The molecule has 0 amide bonds. The fourth-order valence-electron chi connectivity index (χ4n) is 2.63. The summed E-state index contributed by atoms with van der Waals surface area (Å²) in [5.74, 6) is -3.08. The van der Waals surface area contributed by atoms with Gasteiger partial charge in [0.05, 0.1) is 17.2 Å². The Hall–Kier alpha value is -3.09. The van der Waals surface area contributed by atoms with E-state index >= 15 is 0 Å². The van der Waals surface area contributed by atoms with Gasteiger partial charge in [-0.3, -0.25) is 0 Å². The largest absolute Gasteiger partial charge is 0.457 e. The third-order valence-corrected chi connectivity index (χ3v) is 4.71. The zero-order valence-electron chi connectivity index (χ0n) is 13.0. The van der Waals surface area contributed by atoms with Crippen molar-refractivity contribution in [3.05, 3.63) is 64.7 Å². The van der Waals surface area contributed by atoms with Crippen LogP contribution < -0.4 is 5.14 Å². The maximum absolute atomic E-state index is 14.4. The molecular formula is C17H10F2N2O4S. The Morgan fingerprint density at radius 3 is 2.54 bits per heavy atom. The van der Waals surface area contributed by atoms with Gasteiger partial charge in [-0.1, -0.05) is 12.1 Å². The highest BCUT2D eigenvalue weighted by molar-refractivity contribution is 7.89. The summed E-state index contributed by atoms with van der Waals surface area (Å²) in [6.45, 7) is -0.323. The highest BCUT2D eigenvalue weighted by Gasteiger charge is 2.30.